The van der Waals surface area contributed by atoms with Crippen LogP contribution in [-0.4, -0.2) is 15.5 Å². The molecule has 1 aromatic heterocycles. The lowest BCUT2D eigenvalue weighted by molar-refractivity contribution is -0.137. The normalized spacial score (nSPS) is 11.6. The molecule has 0 aliphatic heterocycles. The van der Waals surface area contributed by atoms with Gasteiger partial charge in [0, 0.05) is 11.3 Å². The summed E-state index contributed by atoms with van der Waals surface area (Å²) in [6.07, 6.45) is -4.47. The molecular weight excluding hydrogens is 379 g/mol. The van der Waals surface area contributed by atoms with E-state index in [-0.39, 0.29) is 12.2 Å². The van der Waals surface area contributed by atoms with E-state index in [9.17, 15) is 18.0 Å². The Balaban J connectivity index is 1.65. The van der Waals surface area contributed by atoms with Gasteiger partial charge in [0.25, 0.3) is 0 Å². The van der Waals surface area contributed by atoms with Crippen molar-refractivity contribution in [2.24, 2.45) is 0 Å². The summed E-state index contributed by atoms with van der Waals surface area (Å²) in [5, 5.41) is 2.55. The Morgan fingerprint density at radius 1 is 0.931 bits per heavy atom. The van der Waals surface area contributed by atoms with Gasteiger partial charge in [0.05, 0.1) is 16.6 Å². The van der Waals surface area contributed by atoms with Gasteiger partial charge in [-0.1, -0.05) is 48.5 Å². The molecule has 4 nitrogen and oxygen atoms in total. The largest absolute Gasteiger partial charge is 0.416 e. The number of hydrogen-bond donors (Lipinski definition) is 1. The van der Waals surface area contributed by atoms with Gasteiger partial charge in [-0.05, 0) is 30.3 Å². The molecule has 0 fully saturated rings. The van der Waals surface area contributed by atoms with Crippen molar-refractivity contribution in [3.05, 3.63) is 84.4 Å². The molecule has 0 bridgehead atoms. The summed E-state index contributed by atoms with van der Waals surface area (Å²) in [5.41, 5.74) is 1.63. The number of benzene rings is 3. The summed E-state index contributed by atoms with van der Waals surface area (Å²) < 4.78 is 40.5. The van der Waals surface area contributed by atoms with E-state index in [0.717, 1.165) is 28.7 Å². The third-order valence-electron chi connectivity index (χ3n) is 4.46. The van der Waals surface area contributed by atoms with Crippen LogP contribution in [0.5, 0.6) is 0 Å². The average molecular weight is 395 g/mol. The lowest BCUT2D eigenvalue weighted by atomic mass is 10.2. The molecule has 0 unspecified atom stereocenters. The number of hydrogen-bond acceptors (Lipinski definition) is 2. The van der Waals surface area contributed by atoms with Gasteiger partial charge in [-0.25, -0.2) is 4.98 Å². The number of fused-ring (bicyclic) bond motifs is 1. The molecule has 1 heterocycles. The first-order chi connectivity index (χ1) is 13.9. The third kappa shape index (κ3) is 3.99. The zero-order chi connectivity index (χ0) is 20.4. The predicted molar refractivity (Wildman–Crippen MR) is 105 cm³/mol. The molecule has 1 N–H and O–H groups in total. The second-order valence-corrected chi connectivity index (χ2v) is 6.50. The number of para-hydroxylation sites is 2. The van der Waals surface area contributed by atoms with E-state index in [0.29, 0.717) is 5.82 Å². The van der Waals surface area contributed by atoms with Crippen LogP contribution < -0.4 is 5.32 Å². The van der Waals surface area contributed by atoms with Crippen LogP contribution in [0, 0.1) is 0 Å². The molecule has 0 aliphatic carbocycles. The molecule has 0 atom stereocenters. The minimum absolute atomic E-state index is 0.0824. The number of carbonyl (C=O) groups is 1. The Hall–Kier alpha value is -3.61. The molecule has 29 heavy (non-hydrogen) atoms. The predicted octanol–water partition coefficient (Wildman–Crippen LogP) is 5.36. The number of imidazole rings is 1. The minimum atomic E-state index is -4.47. The smallest absolute Gasteiger partial charge is 0.325 e. The highest BCUT2D eigenvalue weighted by molar-refractivity contribution is 5.92. The number of halogens is 3. The van der Waals surface area contributed by atoms with Crippen LogP contribution in [0.3, 0.4) is 0 Å². The van der Waals surface area contributed by atoms with Crippen molar-refractivity contribution in [3.8, 4) is 11.4 Å². The lowest BCUT2D eigenvalue weighted by Gasteiger charge is -2.12. The van der Waals surface area contributed by atoms with Crippen LogP contribution in [0.2, 0.25) is 0 Å². The van der Waals surface area contributed by atoms with Crippen molar-refractivity contribution in [3.63, 3.8) is 0 Å². The minimum Gasteiger partial charge on any atom is -0.325 e. The molecule has 4 aromatic rings. The van der Waals surface area contributed by atoms with Crippen LogP contribution in [-0.2, 0) is 17.5 Å². The van der Waals surface area contributed by atoms with E-state index < -0.39 is 17.6 Å². The molecule has 146 valence electrons. The van der Waals surface area contributed by atoms with Crippen molar-refractivity contribution in [1.82, 2.24) is 9.55 Å². The van der Waals surface area contributed by atoms with Crippen LogP contribution >= 0.6 is 0 Å². The number of nitrogens with one attached hydrogen (secondary N) is 1. The van der Waals surface area contributed by atoms with E-state index in [1.165, 1.54) is 12.1 Å². The zero-order valence-electron chi connectivity index (χ0n) is 15.1. The van der Waals surface area contributed by atoms with Crippen molar-refractivity contribution in [2.45, 2.75) is 12.7 Å². The Morgan fingerprint density at radius 2 is 1.66 bits per heavy atom. The first kappa shape index (κ1) is 18.7. The highest BCUT2D eigenvalue weighted by Crippen LogP contribution is 2.31. The number of rotatable bonds is 4. The number of carbonyl (C=O) groups excluding carboxylic acids is 1. The van der Waals surface area contributed by atoms with Gasteiger partial charge in [-0.3, -0.25) is 4.79 Å². The number of amides is 1. The Bertz CT molecular complexity index is 1170. The fraction of sp³-hybridized carbons (Fsp3) is 0.0909. The standard InChI is InChI=1S/C22H16F3N3O/c23-22(24,25)16-9-6-10-17(13-16)26-20(29)14-28-19-12-5-4-11-18(19)27-21(28)15-7-2-1-3-8-15/h1-13H,14H2,(H,26,29). The number of alkyl halides is 3. The highest BCUT2D eigenvalue weighted by atomic mass is 19.4. The molecular formula is C22H16F3N3O. The molecule has 0 saturated carbocycles. The van der Waals surface area contributed by atoms with Crippen LogP contribution in [0.1, 0.15) is 5.56 Å². The summed E-state index contributed by atoms with van der Waals surface area (Å²) in [7, 11) is 0. The Morgan fingerprint density at radius 3 is 2.41 bits per heavy atom. The van der Waals surface area contributed by atoms with Crippen LogP contribution in [0.25, 0.3) is 22.4 Å². The van der Waals surface area contributed by atoms with Gasteiger partial charge < -0.3 is 9.88 Å². The fourth-order valence-corrected chi connectivity index (χ4v) is 3.16. The van der Waals surface area contributed by atoms with Gasteiger partial charge in [-0.2, -0.15) is 13.2 Å². The summed E-state index contributed by atoms with van der Waals surface area (Å²) >= 11 is 0. The van der Waals surface area contributed by atoms with Gasteiger partial charge in [0.1, 0.15) is 12.4 Å². The van der Waals surface area contributed by atoms with Crippen LogP contribution in [0.4, 0.5) is 18.9 Å². The van der Waals surface area contributed by atoms with Crippen molar-refractivity contribution in [1.29, 1.82) is 0 Å². The fourth-order valence-electron chi connectivity index (χ4n) is 3.16. The molecule has 7 heteroatoms. The monoisotopic (exact) mass is 395 g/mol. The second-order valence-electron chi connectivity index (χ2n) is 6.50. The van der Waals surface area contributed by atoms with Crippen molar-refractivity contribution >= 4 is 22.6 Å². The molecule has 4 rings (SSSR count). The first-order valence-electron chi connectivity index (χ1n) is 8.89. The molecule has 1 amide bonds. The van der Waals surface area contributed by atoms with E-state index in [4.69, 9.17) is 0 Å². The maximum atomic E-state index is 12.9. The number of anilines is 1. The van der Waals surface area contributed by atoms with Crippen molar-refractivity contribution in [2.75, 3.05) is 5.32 Å². The van der Waals surface area contributed by atoms with Gasteiger partial charge in [0.2, 0.25) is 5.91 Å². The number of aromatic nitrogens is 2. The molecule has 0 radical (unpaired) electrons. The highest BCUT2D eigenvalue weighted by Gasteiger charge is 2.30. The summed E-state index contributed by atoms with van der Waals surface area (Å²) in [5.74, 6) is 0.177. The Kier molecular flexibility index (Phi) is 4.80. The quantitative estimate of drug-likeness (QED) is 0.506. The topological polar surface area (TPSA) is 46.9 Å². The van der Waals surface area contributed by atoms with E-state index >= 15 is 0 Å². The van der Waals surface area contributed by atoms with Gasteiger partial charge >= 0.3 is 6.18 Å². The maximum Gasteiger partial charge on any atom is 0.416 e. The number of nitrogens with zero attached hydrogens (tertiary/aromatic N) is 2. The maximum absolute atomic E-state index is 12.9. The van der Waals surface area contributed by atoms with Crippen LogP contribution in [0.15, 0.2) is 78.9 Å². The lowest BCUT2D eigenvalue weighted by Crippen LogP contribution is -2.19. The van der Waals surface area contributed by atoms with E-state index in [1.807, 2.05) is 54.6 Å². The molecule has 0 aliphatic rings. The van der Waals surface area contributed by atoms with Gasteiger partial charge in [0.15, 0.2) is 0 Å². The molecule has 0 spiro atoms. The second kappa shape index (κ2) is 7.43. The van der Waals surface area contributed by atoms with Gasteiger partial charge in [-0.15, -0.1) is 0 Å². The zero-order valence-corrected chi connectivity index (χ0v) is 15.1. The summed E-state index contributed by atoms with van der Waals surface area (Å²) in [6, 6.07) is 21.4. The summed E-state index contributed by atoms with van der Waals surface area (Å²) in [6.45, 7) is -0.0824. The third-order valence-corrected chi connectivity index (χ3v) is 4.46. The molecule has 3 aromatic carbocycles. The van der Waals surface area contributed by atoms with E-state index in [1.54, 1.807) is 4.57 Å². The molecule has 0 saturated heterocycles. The summed E-state index contributed by atoms with van der Waals surface area (Å²) in [4.78, 5) is 17.3. The van der Waals surface area contributed by atoms with Crippen molar-refractivity contribution < 1.29 is 18.0 Å². The van der Waals surface area contributed by atoms with E-state index in [2.05, 4.69) is 10.3 Å². The Labute approximate surface area is 164 Å². The SMILES string of the molecule is O=C(Cn1c(-c2ccccc2)nc2ccccc21)Nc1cccc(C(F)(F)F)c1. The average Bonchev–Trinajstić information content (AvgIpc) is 3.07. The first-order valence-corrected chi connectivity index (χ1v) is 8.89.